The lowest BCUT2D eigenvalue weighted by atomic mass is 10.4. The molecule has 0 atom stereocenters. The fourth-order valence-electron chi connectivity index (χ4n) is 0.552. The maximum Gasteiger partial charge on any atom is 0.136 e. The lowest BCUT2D eigenvalue weighted by Gasteiger charge is -2.23. The monoisotopic (exact) mass is 158 g/mol. The van der Waals surface area contributed by atoms with E-state index in [-0.39, 0.29) is 0 Å². The minimum Gasteiger partial charge on any atom is -0.495 e. The molecular weight excluding hydrogens is 138 g/mol. The van der Waals surface area contributed by atoms with Gasteiger partial charge in [-0.15, -0.1) is 0 Å². The van der Waals surface area contributed by atoms with Crippen LogP contribution in [0.15, 0.2) is 11.8 Å². The number of likely N-dealkylation sites (N-methyl/N-ethyl adjacent to an activating group) is 1. The highest BCUT2D eigenvalue weighted by molar-refractivity contribution is 4.86. The van der Waals surface area contributed by atoms with Crippen molar-refractivity contribution in [2.75, 3.05) is 34.3 Å². The van der Waals surface area contributed by atoms with Crippen molar-refractivity contribution in [1.29, 1.82) is 0 Å². The van der Waals surface area contributed by atoms with Gasteiger partial charge in [0.1, 0.15) is 13.2 Å². The fourth-order valence-corrected chi connectivity index (χ4v) is 0.552. The number of rotatable bonds is 4. The molecular formula is C9H20NO+. The van der Waals surface area contributed by atoms with Gasteiger partial charge in [-0.2, -0.15) is 0 Å². The molecule has 0 radical (unpaired) electrons. The molecule has 0 saturated carbocycles. The highest BCUT2D eigenvalue weighted by atomic mass is 16.5. The van der Waals surface area contributed by atoms with Crippen molar-refractivity contribution in [3.63, 3.8) is 0 Å². The number of allylic oxidation sites excluding steroid dienone is 1. The molecule has 0 heterocycles. The molecule has 0 spiro atoms. The van der Waals surface area contributed by atoms with Crippen LogP contribution in [-0.4, -0.2) is 38.8 Å². The van der Waals surface area contributed by atoms with Gasteiger partial charge in [0, 0.05) is 0 Å². The molecule has 0 saturated heterocycles. The summed E-state index contributed by atoms with van der Waals surface area (Å²) in [5, 5.41) is 0. The summed E-state index contributed by atoms with van der Waals surface area (Å²) >= 11 is 0. The number of hydrogen-bond acceptors (Lipinski definition) is 1. The van der Waals surface area contributed by atoms with Crippen molar-refractivity contribution >= 4 is 0 Å². The van der Waals surface area contributed by atoms with Crippen LogP contribution >= 0.6 is 0 Å². The van der Waals surface area contributed by atoms with Crippen molar-refractivity contribution in [3.8, 4) is 0 Å². The maximum absolute atomic E-state index is 5.29. The van der Waals surface area contributed by atoms with Gasteiger partial charge in [-0.1, -0.05) is 0 Å². The van der Waals surface area contributed by atoms with E-state index in [9.17, 15) is 0 Å². The second-order valence-electron chi connectivity index (χ2n) is 4.08. The second kappa shape index (κ2) is 4.39. The largest absolute Gasteiger partial charge is 0.495 e. The molecule has 0 aliphatic heterocycles. The van der Waals surface area contributed by atoms with E-state index in [2.05, 4.69) is 21.1 Å². The summed E-state index contributed by atoms with van der Waals surface area (Å²) < 4.78 is 6.25. The Morgan fingerprint density at radius 3 is 2.18 bits per heavy atom. The first-order valence-electron chi connectivity index (χ1n) is 3.97. The second-order valence-corrected chi connectivity index (χ2v) is 4.08. The van der Waals surface area contributed by atoms with E-state index in [1.807, 2.05) is 20.1 Å². The van der Waals surface area contributed by atoms with Crippen LogP contribution in [0.1, 0.15) is 13.8 Å². The summed E-state index contributed by atoms with van der Waals surface area (Å²) in [5.74, 6) is 0. The first-order chi connectivity index (χ1) is 4.92. The van der Waals surface area contributed by atoms with Crippen LogP contribution in [0.5, 0.6) is 0 Å². The Labute approximate surface area is 70.1 Å². The smallest absolute Gasteiger partial charge is 0.136 e. The van der Waals surface area contributed by atoms with E-state index in [1.54, 1.807) is 0 Å². The Bertz CT molecular complexity index is 129. The zero-order chi connectivity index (χ0) is 8.91. The number of quaternary nitrogens is 1. The van der Waals surface area contributed by atoms with Gasteiger partial charge in [0.05, 0.1) is 27.4 Å². The number of nitrogens with zero attached hydrogens (tertiary/aromatic N) is 1. The van der Waals surface area contributed by atoms with Gasteiger partial charge in [-0.3, -0.25) is 0 Å². The zero-order valence-corrected chi connectivity index (χ0v) is 8.35. The van der Waals surface area contributed by atoms with E-state index < -0.39 is 0 Å². The van der Waals surface area contributed by atoms with Crippen molar-refractivity contribution in [1.82, 2.24) is 0 Å². The van der Waals surface area contributed by atoms with E-state index in [0.717, 1.165) is 17.6 Å². The lowest BCUT2D eigenvalue weighted by molar-refractivity contribution is -0.870. The van der Waals surface area contributed by atoms with Gasteiger partial charge in [-0.25, -0.2) is 0 Å². The van der Waals surface area contributed by atoms with Gasteiger partial charge in [0.2, 0.25) is 0 Å². The van der Waals surface area contributed by atoms with Crippen LogP contribution in [0, 0.1) is 0 Å². The van der Waals surface area contributed by atoms with Crippen molar-refractivity contribution in [2.24, 2.45) is 0 Å². The van der Waals surface area contributed by atoms with Gasteiger partial charge in [-0.05, 0) is 19.4 Å². The minimum atomic E-state index is 0.800. The third-order valence-electron chi connectivity index (χ3n) is 1.20. The van der Waals surface area contributed by atoms with Crippen LogP contribution in [-0.2, 0) is 4.74 Å². The van der Waals surface area contributed by atoms with Gasteiger partial charge in [0.15, 0.2) is 0 Å². The Morgan fingerprint density at radius 2 is 1.82 bits per heavy atom. The van der Waals surface area contributed by atoms with Crippen molar-refractivity contribution < 1.29 is 9.22 Å². The van der Waals surface area contributed by atoms with Crippen LogP contribution in [0.3, 0.4) is 0 Å². The Morgan fingerprint density at radius 1 is 1.27 bits per heavy atom. The molecule has 2 heteroatoms. The highest BCUT2D eigenvalue weighted by Gasteiger charge is 2.04. The Hall–Kier alpha value is -0.500. The summed E-state index contributed by atoms with van der Waals surface area (Å²) in [5.41, 5.74) is 1.21. The molecule has 0 aliphatic rings. The SMILES string of the molecule is CC(C)=COCC[N+](C)(C)C. The van der Waals surface area contributed by atoms with Crippen LogP contribution in [0.25, 0.3) is 0 Å². The molecule has 0 N–H and O–H groups in total. The average Bonchev–Trinajstić information content (AvgIpc) is 1.78. The standard InChI is InChI=1S/C9H20NO/c1-9(2)8-11-7-6-10(3,4)5/h8H,6-7H2,1-5H3/q+1. The topological polar surface area (TPSA) is 9.23 Å². The fraction of sp³-hybridized carbons (Fsp3) is 0.778. The summed E-state index contributed by atoms with van der Waals surface area (Å²) in [7, 11) is 6.48. The van der Waals surface area contributed by atoms with Gasteiger partial charge < -0.3 is 9.22 Å². The molecule has 0 aromatic heterocycles. The molecule has 0 rings (SSSR count). The van der Waals surface area contributed by atoms with E-state index in [0.29, 0.717) is 0 Å². The Balaban J connectivity index is 3.36. The van der Waals surface area contributed by atoms with Crippen LogP contribution in [0.4, 0.5) is 0 Å². The van der Waals surface area contributed by atoms with Crippen molar-refractivity contribution in [3.05, 3.63) is 11.8 Å². The van der Waals surface area contributed by atoms with Crippen LogP contribution < -0.4 is 0 Å². The summed E-state index contributed by atoms with van der Waals surface area (Å²) in [6.45, 7) is 5.91. The lowest BCUT2D eigenvalue weighted by Crippen LogP contribution is -2.37. The van der Waals surface area contributed by atoms with Crippen molar-refractivity contribution in [2.45, 2.75) is 13.8 Å². The molecule has 66 valence electrons. The predicted molar refractivity (Wildman–Crippen MR) is 48.3 cm³/mol. The third kappa shape index (κ3) is 9.50. The molecule has 0 aliphatic carbocycles. The number of ether oxygens (including phenoxy) is 1. The summed E-state index contributed by atoms with van der Waals surface area (Å²) in [6, 6.07) is 0. The van der Waals surface area contributed by atoms with E-state index >= 15 is 0 Å². The minimum absolute atomic E-state index is 0.800. The number of hydrogen-bond donors (Lipinski definition) is 0. The van der Waals surface area contributed by atoms with E-state index in [4.69, 9.17) is 4.74 Å². The summed E-state index contributed by atoms with van der Waals surface area (Å²) in [4.78, 5) is 0. The van der Waals surface area contributed by atoms with E-state index in [1.165, 1.54) is 5.57 Å². The molecule has 11 heavy (non-hydrogen) atoms. The predicted octanol–water partition coefficient (Wildman–Crippen LogP) is 1.63. The normalized spacial score (nSPS) is 11.0. The molecule has 0 fully saturated rings. The zero-order valence-electron chi connectivity index (χ0n) is 8.35. The molecule has 2 nitrogen and oxygen atoms in total. The molecule has 0 aromatic carbocycles. The molecule has 0 bridgehead atoms. The summed E-state index contributed by atoms with van der Waals surface area (Å²) in [6.07, 6.45) is 1.82. The van der Waals surface area contributed by atoms with Gasteiger partial charge in [0.25, 0.3) is 0 Å². The maximum atomic E-state index is 5.29. The molecule has 0 aromatic rings. The first-order valence-corrected chi connectivity index (χ1v) is 3.97. The Kier molecular flexibility index (Phi) is 4.19. The molecule has 0 unspecified atom stereocenters. The third-order valence-corrected chi connectivity index (χ3v) is 1.20. The van der Waals surface area contributed by atoms with Crippen LogP contribution in [0.2, 0.25) is 0 Å². The first kappa shape index (κ1) is 10.5. The van der Waals surface area contributed by atoms with Gasteiger partial charge >= 0.3 is 0 Å². The average molecular weight is 158 g/mol. The quantitative estimate of drug-likeness (QED) is 0.343. The highest BCUT2D eigenvalue weighted by Crippen LogP contribution is 1.92. The molecule has 0 amide bonds.